The average Bonchev–Trinajstić information content (AvgIpc) is 2.91. The van der Waals surface area contributed by atoms with E-state index in [9.17, 15) is 13.2 Å². The smallest absolute Gasteiger partial charge is 0.336 e. The Hall–Kier alpha value is -2.04. The number of aromatic nitrogens is 4. The van der Waals surface area contributed by atoms with Crippen molar-refractivity contribution in [3.8, 4) is 0 Å². The standard InChI is InChI=1S/C10H10ClN5O4S/c1-5-7(10(17)18)2-6(11)3-8(5)21(19,20)12-4-9-13-15-16-14-9/h2-3,12H,4H2,1H3,(H,17,18)(H,13,14,15,16). The lowest BCUT2D eigenvalue weighted by Crippen LogP contribution is -2.25. The predicted octanol–water partition coefficient (Wildman–Crippen LogP) is 0.338. The van der Waals surface area contributed by atoms with Crippen LogP contribution in [0, 0.1) is 6.92 Å². The minimum Gasteiger partial charge on any atom is -0.478 e. The summed E-state index contributed by atoms with van der Waals surface area (Å²) >= 11 is 5.78. The van der Waals surface area contributed by atoms with Crippen LogP contribution in [0.1, 0.15) is 21.7 Å². The Balaban J connectivity index is 2.37. The van der Waals surface area contributed by atoms with Crippen molar-refractivity contribution in [3.63, 3.8) is 0 Å². The van der Waals surface area contributed by atoms with Gasteiger partial charge in [-0.2, -0.15) is 5.21 Å². The maximum absolute atomic E-state index is 12.2. The molecule has 0 aliphatic carbocycles. The quantitative estimate of drug-likeness (QED) is 0.718. The molecule has 0 aliphatic rings. The number of carbonyl (C=O) groups is 1. The fraction of sp³-hybridized carbons (Fsp3) is 0.200. The van der Waals surface area contributed by atoms with E-state index in [0.717, 1.165) is 0 Å². The third kappa shape index (κ3) is 3.35. The molecule has 112 valence electrons. The Morgan fingerprint density at radius 2 is 2.19 bits per heavy atom. The maximum Gasteiger partial charge on any atom is 0.336 e. The zero-order valence-electron chi connectivity index (χ0n) is 10.7. The Morgan fingerprint density at radius 3 is 2.76 bits per heavy atom. The second kappa shape index (κ2) is 5.76. The van der Waals surface area contributed by atoms with Crippen LogP contribution in [0.5, 0.6) is 0 Å². The van der Waals surface area contributed by atoms with Crippen LogP contribution >= 0.6 is 11.6 Å². The topological polar surface area (TPSA) is 138 Å². The number of benzene rings is 1. The number of hydrogen-bond donors (Lipinski definition) is 3. The van der Waals surface area contributed by atoms with E-state index in [2.05, 4.69) is 25.3 Å². The SMILES string of the molecule is Cc1c(C(=O)O)cc(Cl)cc1S(=O)(=O)NCc1nn[nH]n1. The molecule has 1 heterocycles. The van der Waals surface area contributed by atoms with Gasteiger partial charge in [-0.25, -0.2) is 17.9 Å². The molecule has 1 aromatic heterocycles. The third-order valence-electron chi connectivity index (χ3n) is 2.65. The fourth-order valence-corrected chi connectivity index (χ4v) is 3.20. The number of sulfonamides is 1. The van der Waals surface area contributed by atoms with Crippen molar-refractivity contribution in [2.75, 3.05) is 0 Å². The number of aromatic amines is 1. The van der Waals surface area contributed by atoms with Gasteiger partial charge >= 0.3 is 5.97 Å². The summed E-state index contributed by atoms with van der Waals surface area (Å²) in [7, 11) is -3.96. The largest absolute Gasteiger partial charge is 0.478 e. The van der Waals surface area contributed by atoms with Crippen LogP contribution in [0.3, 0.4) is 0 Å². The molecule has 0 radical (unpaired) electrons. The third-order valence-corrected chi connectivity index (χ3v) is 4.40. The fourth-order valence-electron chi connectivity index (χ4n) is 1.65. The Kier molecular flexibility index (Phi) is 4.21. The first-order valence-electron chi connectivity index (χ1n) is 5.56. The van der Waals surface area contributed by atoms with Crippen molar-refractivity contribution in [1.82, 2.24) is 25.3 Å². The van der Waals surface area contributed by atoms with Crippen molar-refractivity contribution >= 4 is 27.6 Å². The summed E-state index contributed by atoms with van der Waals surface area (Å²) in [6.45, 7) is 1.20. The van der Waals surface area contributed by atoms with E-state index >= 15 is 0 Å². The molecule has 11 heteroatoms. The first-order chi connectivity index (χ1) is 9.81. The number of aromatic carboxylic acids is 1. The molecule has 0 atom stereocenters. The molecule has 0 aliphatic heterocycles. The maximum atomic E-state index is 12.2. The highest BCUT2D eigenvalue weighted by atomic mass is 35.5. The summed E-state index contributed by atoms with van der Waals surface area (Å²) in [6.07, 6.45) is 0. The zero-order valence-corrected chi connectivity index (χ0v) is 12.2. The number of carboxylic acids is 1. The lowest BCUT2D eigenvalue weighted by molar-refractivity contribution is 0.0696. The van der Waals surface area contributed by atoms with Crippen molar-refractivity contribution in [3.05, 3.63) is 34.1 Å². The number of H-pyrrole nitrogens is 1. The van der Waals surface area contributed by atoms with Crippen molar-refractivity contribution in [1.29, 1.82) is 0 Å². The van der Waals surface area contributed by atoms with Crippen LogP contribution in [0.4, 0.5) is 0 Å². The number of carboxylic acid groups (broad SMARTS) is 1. The van der Waals surface area contributed by atoms with Crippen LogP contribution in [-0.2, 0) is 16.6 Å². The number of halogens is 1. The molecule has 0 unspecified atom stereocenters. The Morgan fingerprint density at radius 1 is 1.48 bits per heavy atom. The van der Waals surface area contributed by atoms with Crippen LogP contribution in [-0.4, -0.2) is 40.1 Å². The van der Waals surface area contributed by atoms with Crippen LogP contribution in [0.25, 0.3) is 0 Å². The molecule has 3 N–H and O–H groups in total. The molecular formula is C10H10ClN5O4S. The van der Waals surface area contributed by atoms with Crippen molar-refractivity contribution in [2.24, 2.45) is 0 Å². The van der Waals surface area contributed by atoms with E-state index in [1.165, 1.54) is 19.1 Å². The van der Waals surface area contributed by atoms with E-state index < -0.39 is 16.0 Å². The molecule has 2 aromatic rings. The Labute approximate surface area is 124 Å². The summed E-state index contributed by atoms with van der Waals surface area (Å²) in [6, 6.07) is 2.37. The van der Waals surface area contributed by atoms with E-state index in [1.807, 2.05) is 0 Å². The monoisotopic (exact) mass is 331 g/mol. The van der Waals surface area contributed by atoms with Gasteiger partial charge in [-0.15, -0.1) is 10.2 Å². The number of nitrogens with zero attached hydrogens (tertiary/aromatic N) is 3. The first kappa shape index (κ1) is 15.4. The summed E-state index contributed by atoms with van der Waals surface area (Å²) < 4.78 is 26.7. The summed E-state index contributed by atoms with van der Waals surface area (Å²) in [4.78, 5) is 10.9. The first-order valence-corrected chi connectivity index (χ1v) is 7.43. The van der Waals surface area contributed by atoms with Gasteiger partial charge in [0.15, 0.2) is 5.82 Å². The van der Waals surface area contributed by atoms with Crippen molar-refractivity contribution in [2.45, 2.75) is 18.4 Å². The molecule has 1 aromatic carbocycles. The van der Waals surface area contributed by atoms with Gasteiger partial charge in [0.25, 0.3) is 0 Å². The molecule has 0 saturated carbocycles. The number of tetrazole rings is 1. The zero-order chi connectivity index (χ0) is 15.6. The van der Waals surface area contributed by atoms with Gasteiger partial charge in [-0.3, -0.25) is 0 Å². The minimum absolute atomic E-state index is 0.0120. The lowest BCUT2D eigenvalue weighted by Gasteiger charge is -2.11. The Bertz CT molecular complexity index is 775. The van der Waals surface area contributed by atoms with Crippen LogP contribution in [0.15, 0.2) is 17.0 Å². The molecule has 9 nitrogen and oxygen atoms in total. The molecule has 0 saturated heterocycles. The molecule has 0 fully saturated rings. The highest BCUT2D eigenvalue weighted by Crippen LogP contribution is 2.24. The van der Waals surface area contributed by atoms with Gasteiger partial charge in [0, 0.05) is 5.02 Å². The predicted molar refractivity (Wildman–Crippen MR) is 71.4 cm³/mol. The molecule has 21 heavy (non-hydrogen) atoms. The number of nitrogens with one attached hydrogen (secondary N) is 2. The minimum atomic E-state index is -3.96. The summed E-state index contributed by atoms with van der Waals surface area (Å²) in [5, 5.41) is 21.8. The summed E-state index contributed by atoms with van der Waals surface area (Å²) in [5.41, 5.74) is -0.0880. The van der Waals surface area contributed by atoms with Gasteiger partial charge in [0.2, 0.25) is 10.0 Å². The second-order valence-electron chi connectivity index (χ2n) is 4.03. The molecule has 0 spiro atoms. The molecule has 0 bridgehead atoms. The highest BCUT2D eigenvalue weighted by molar-refractivity contribution is 7.89. The van der Waals surface area contributed by atoms with Gasteiger partial charge in [0.05, 0.1) is 17.0 Å². The second-order valence-corrected chi connectivity index (χ2v) is 6.21. The highest BCUT2D eigenvalue weighted by Gasteiger charge is 2.22. The van der Waals surface area contributed by atoms with Gasteiger partial charge < -0.3 is 5.11 Å². The van der Waals surface area contributed by atoms with E-state index in [0.29, 0.717) is 0 Å². The number of hydrogen-bond acceptors (Lipinski definition) is 6. The molecule has 2 rings (SSSR count). The van der Waals surface area contributed by atoms with E-state index in [4.69, 9.17) is 16.7 Å². The van der Waals surface area contributed by atoms with Gasteiger partial charge in [-0.05, 0) is 24.6 Å². The number of rotatable bonds is 5. The van der Waals surface area contributed by atoms with E-state index in [1.54, 1.807) is 0 Å². The molecular weight excluding hydrogens is 322 g/mol. The normalized spacial score (nSPS) is 11.5. The van der Waals surface area contributed by atoms with Gasteiger partial charge in [-0.1, -0.05) is 16.8 Å². The molecule has 0 amide bonds. The lowest BCUT2D eigenvalue weighted by atomic mass is 10.1. The van der Waals surface area contributed by atoms with Crippen molar-refractivity contribution < 1.29 is 18.3 Å². The van der Waals surface area contributed by atoms with Crippen LogP contribution in [0.2, 0.25) is 5.02 Å². The van der Waals surface area contributed by atoms with Gasteiger partial charge in [0.1, 0.15) is 0 Å². The van der Waals surface area contributed by atoms with E-state index in [-0.39, 0.29) is 33.4 Å². The summed E-state index contributed by atoms with van der Waals surface area (Å²) in [5.74, 6) is -1.11. The average molecular weight is 332 g/mol. The van der Waals surface area contributed by atoms with Crippen LogP contribution < -0.4 is 4.72 Å².